The first-order valence-electron chi connectivity index (χ1n) is 11.1. The minimum Gasteiger partial charge on any atom is -0.316 e. The van der Waals surface area contributed by atoms with E-state index in [1.165, 1.54) is 71.7 Å². The molecule has 0 radical (unpaired) electrons. The normalized spacial score (nSPS) is 13.5. The molecule has 2 aromatic heterocycles. The molecule has 0 atom stereocenters. The fourth-order valence-electron chi connectivity index (χ4n) is 6.20. The number of hydrogen-bond donors (Lipinski definition) is 0. The fourth-order valence-corrected chi connectivity index (χ4v) is 6.20. The van der Waals surface area contributed by atoms with Crippen molar-refractivity contribution in [3.63, 3.8) is 0 Å². The minimum absolute atomic E-state index is 1.04. The lowest BCUT2D eigenvalue weighted by Crippen LogP contribution is -1.92. The van der Waals surface area contributed by atoms with Gasteiger partial charge in [-0.3, -0.25) is 0 Å². The lowest BCUT2D eigenvalue weighted by molar-refractivity contribution is 1.16. The van der Waals surface area contributed by atoms with Crippen LogP contribution >= 0.6 is 0 Å². The summed E-state index contributed by atoms with van der Waals surface area (Å²) < 4.78 is 2.33. The number of rotatable bonds is 0. The second kappa shape index (κ2) is 5.44. The zero-order valence-electron chi connectivity index (χ0n) is 17.0. The second-order valence-electron chi connectivity index (χ2n) is 8.93. The highest BCUT2D eigenvalue weighted by Gasteiger charge is 2.29. The van der Waals surface area contributed by atoms with E-state index < -0.39 is 0 Å². The molecule has 2 aliphatic carbocycles. The van der Waals surface area contributed by atoms with Crippen LogP contribution in [0.3, 0.4) is 0 Å². The van der Waals surface area contributed by atoms with E-state index in [4.69, 9.17) is 0 Å². The monoisotopic (exact) mass is 393 g/mol. The molecule has 8 rings (SSSR count). The lowest BCUT2D eigenvalue weighted by atomic mass is 9.93. The molecule has 0 fully saturated rings. The Bertz CT molecular complexity index is 1730. The van der Waals surface area contributed by atoms with Gasteiger partial charge < -0.3 is 4.40 Å². The molecule has 2 heterocycles. The number of benzene rings is 4. The lowest BCUT2D eigenvalue weighted by Gasteiger charge is -2.14. The van der Waals surface area contributed by atoms with Gasteiger partial charge in [-0.1, -0.05) is 66.7 Å². The molecule has 0 spiro atoms. The molecule has 0 aliphatic heterocycles. The topological polar surface area (TPSA) is 4.41 Å². The highest BCUT2D eigenvalue weighted by molar-refractivity contribution is 6.20. The summed E-state index contributed by atoms with van der Waals surface area (Å²) in [6, 6.07) is 31.6. The number of fused-ring (bicyclic) bond motifs is 14. The van der Waals surface area contributed by atoms with E-state index in [0.29, 0.717) is 0 Å². The number of pyridine rings is 1. The average molecular weight is 393 g/mol. The van der Waals surface area contributed by atoms with Gasteiger partial charge in [0.1, 0.15) is 0 Å². The smallest absolute Gasteiger partial charge is 0.0535 e. The third kappa shape index (κ3) is 1.88. The third-order valence-corrected chi connectivity index (χ3v) is 7.49. The molecule has 1 heteroatoms. The van der Waals surface area contributed by atoms with Crippen molar-refractivity contribution in [2.45, 2.75) is 12.8 Å². The van der Waals surface area contributed by atoms with E-state index in [0.717, 1.165) is 12.8 Å². The molecule has 1 nitrogen and oxygen atoms in total. The van der Waals surface area contributed by atoms with Crippen molar-refractivity contribution in [1.82, 2.24) is 4.40 Å². The molecular weight excluding hydrogens is 374 g/mol. The summed E-state index contributed by atoms with van der Waals surface area (Å²) in [6.07, 6.45) is 4.28. The van der Waals surface area contributed by atoms with E-state index in [1.807, 2.05) is 0 Å². The maximum atomic E-state index is 2.39. The van der Waals surface area contributed by atoms with E-state index in [9.17, 15) is 0 Å². The van der Waals surface area contributed by atoms with Gasteiger partial charge in [-0.15, -0.1) is 0 Å². The largest absolute Gasteiger partial charge is 0.316 e. The maximum absolute atomic E-state index is 2.39. The van der Waals surface area contributed by atoms with Crippen LogP contribution in [-0.2, 0) is 12.8 Å². The first kappa shape index (κ1) is 15.9. The molecular formula is C30H19N. The number of nitrogens with zero attached hydrogens (tertiary/aromatic N) is 1. The van der Waals surface area contributed by atoms with Crippen molar-refractivity contribution >= 4 is 27.2 Å². The van der Waals surface area contributed by atoms with Crippen LogP contribution < -0.4 is 0 Å². The van der Waals surface area contributed by atoms with Gasteiger partial charge in [0.25, 0.3) is 0 Å². The molecule has 2 aliphatic rings. The zero-order valence-corrected chi connectivity index (χ0v) is 17.0. The minimum atomic E-state index is 1.04. The molecule has 0 amide bonds. The molecule has 0 saturated carbocycles. The van der Waals surface area contributed by atoms with Crippen molar-refractivity contribution in [3.8, 4) is 22.3 Å². The Morgan fingerprint density at radius 2 is 1.23 bits per heavy atom. The van der Waals surface area contributed by atoms with E-state index in [1.54, 1.807) is 0 Å². The van der Waals surface area contributed by atoms with Gasteiger partial charge in [0, 0.05) is 22.4 Å². The van der Waals surface area contributed by atoms with Crippen molar-refractivity contribution in [3.05, 3.63) is 113 Å². The third-order valence-electron chi connectivity index (χ3n) is 7.49. The predicted molar refractivity (Wildman–Crippen MR) is 129 cm³/mol. The Balaban J connectivity index is 1.51. The molecule has 4 aromatic carbocycles. The number of aromatic nitrogens is 1. The molecule has 0 bridgehead atoms. The van der Waals surface area contributed by atoms with Crippen molar-refractivity contribution in [2.24, 2.45) is 0 Å². The maximum Gasteiger partial charge on any atom is 0.0535 e. The predicted octanol–water partition coefficient (Wildman–Crippen LogP) is 7.39. The molecule has 144 valence electrons. The standard InChI is InChI=1S/C30H19N/c1-2-7-20-18(6-1)16-25-21(20)13-14-22-26(25)17-19-11-12-24-28-10-5-15-31(28)27-9-4-3-8-23(27)30(24)29(19)22/h1-15H,16-17H2. The summed E-state index contributed by atoms with van der Waals surface area (Å²) in [7, 11) is 0. The van der Waals surface area contributed by atoms with Gasteiger partial charge in [-0.25, -0.2) is 0 Å². The number of para-hydroxylation sites is 1. The fraction of sp³-hybridized carbons (Fsp3) is 0.0667. The highest BCUT2D eigenvalue weighted by atomic mass is 14.9. The Kier molecular flexibility index (Phi) is 2.80. The quantitative estimate of drug-likeness (QED) is 0.237. The van der Waals surface area contributed by atoms with Crippen LogP contribution in [-0.4, -0.2) is 4.40 Å². The van der Waals surface area contributed by atoms with Crippen LogP contribution in [0.2, 0.25) is 0 Å². The van der Waals surface area contributed by atoms with E-state index in [-0.39, 0.29) is 0 Å². The first-order valence-corrected chi connectivity index (χ1v) is 11.1. The summed E-state index contributed by atoms with van der Waals surface area (Å²) in [5.74, 6) is 0. The Labute approximate surface area is 180 Å². The summed E-state index contributed by atoms with van der Waals surface area (Å²) in [5.41, 5.74) is 14.3. The number of hydrogen-bond acceptors (Lipinski definition) is 0. The van der Waals surface area contributed by atoms with Gasteiger partial charge in [0.05, 0.1) is 11.0 Å². The van der Waals surface area contributed by atoms with Crippen LogP contribution in [0.4, 0.5) is 0 Å². The molecule has 6 aromatic rings. The van der Waals surface area contributed by atoms with Gasteiger partial charge >= 0.3 is 0 Å². The average Bonchev–Trinajstić information content (AvgIpc) is 3.53. The van der Waals surface area contributed by atoms with Crippen LogP contribution in [0, 0.1) is 0 Å². The molecule has 0 saturated heterocycles. The Hall–Kier alpha value is -3.84. The molecule has 0 N–H and O–H groups in total. The summed E-state index contributed by atoms with van der Waals surface area (Å²) in [6.45, 7) is 0. The van der Waals surface area contributed by atoms with Gasteiger partial charge in [-0.05, 0) is 75.5 Å². The zero-order chi connectivity index (χ0) is 20.1. The van der Waals surface area contributed by atoms with Crippen LogP contribution in [0.5, 0.6) is 0 Å². The van der Waals surface area contributed by atoms with Crippen LogP contribution in [0.25, 0.3) is 49.4 Å². The van der Waals surface area contributed by atoms with Gasteiger partial charge in [0.15, 0.2) is 0 Å². The first-order chi connectivity index (χ1) is 15.4. The van der Waals surface area contributed by atoms with E-state index >= 15 is 0 Å². The second-order valence-corrected chi connectivity index (χ2v) is 8.93. The van der Waals surface area contributed by atoms with Gasteiger partial charge in [0.2, 0.25) is 0 Å². The van der Waals surface area contributed by atoms with Gasteiger partial charge in [-0.2, -0.15) is 0 Å². The van der Waals surface area contributed by atoms with Crippen molar-refractivity contribution in [2.75, 3.05) is 0 Å². The van der Waals surface area contributed by atoms with Crippen LogP contribution in [0.15, 0.2) is 91.1 Å². The summed E-state index contributed by atoms with van der Waals surface area (Å²) in [5, 5.41) is 4.10. The van der Waals surface area contributed by atoms with Crippen LogP contribution in [0.1, 0.15) is 22.3 Å². The van der Waals surface area contributed by atoms with Crippen molar-refractivity contribution in [1.29, 1.82) is 0 Å². The summed E-state index contributed by atoms with van der Waals surface area (Å²) >= 11 is 0. The Morgan fingerprint density at radius 3 is 2.19 bits per heavy atom. The molecule has 0 unspecified atom stereocenters. The SMILES string of the molecule is c1ccc2c(c1)Cc1c-2ccc2c1Cc1ccc3c(c1-2)c1ccccc1n1cccc31. The molecule has 31 heavy (non-hydrogen) atoms. The summed E-state index contributed by atoms with van der Waals surface area (Å²) in [4.78, 5) is 0. The Morgan fingerprint density at radius 1 is 0.516 bits per heavy atom. The highest BCUT2D eigenvalue weighted by Crippen LogP contribution is 2.49. The van der Waals surface area contributed by atoms with E-state index in [2.05, 4.69) is 95.5 Å². The van der Waals surface area contributed by atoms with Crippen molar-refractivity contribution < 1.29 is 0 Å².